The van der Waals surface area contributed by atoms with E-state index in [9.17, 15) is 4.79 Å². The molecular formula is C10H13ClN2OS. The Balaban J connectivity index is 2.06. The lowest BCUT2D eigenvalue weighted by Crippen LogP contribution is -2.33. The van der Waals surface area contributed by atoms with E-state index in [1.165, 1.54) is 11.3 Å². The van der Waals surface area contributed by atoms with Crippen molar-refractivity contribution in [1.29, 1.82) is 0 Å². The zero-order valence-corrected chi connectivity index (χ0v) is 9.90. The Hall–Kier alpha value is -0.580. The first-order valence-corrected chi connectivity index (χ1v) is 6.27. The molecule has 1 saturated heterocycles. The third-order valence-electron chi connectivity index (χ3n) is 2.41. The van der Waals surface area contributed by atoms with Crippen LogP contribution in [0.5, 0.6) is 0 Å². The minimum atomic E-state index is 0.107. The van der Waals surface area contributed by atoms with Crippen LogP contribution < -0.4 is 5.32 Å². The topological polar surface area (TPSA) is 32.3 Å². The van der Waals surface area contributed by atoms with Gasteiger partial charge in [-0.2, -0.15) is 0 Å². The quantitative estimate of drug-likeness (QED) is 0.818. The van der Waals surface area contributed by atoms with E-state index >= 15 is 0 Å². The zero-order valence-electron chi connectivity index (χ0n) is 8.33. The summed E-state index contributed by atoms with van der Waals surface area (Å²) in [6.45, 7) is 3.50. The van der Waals surface area contributed by atoms with E-state index in [1.54, 1.807) is 11.4 Å². The van der Waals surface area contributed by atoms with E-state index < -0.39 is 0 Å². The molecule has 5 heteroatoms. The van der Waals surface area contributed by atoms with Crippen molar-refractivity contribution in [2.45, 2.75) is 6.42 Å². The molecule has 0 atom stereocenters. The van der Waals surface area contributed by atoms with Gasteiger partial charge in [-0.05, 0) is 19.0 Å². The zero-order chi connectivity index (χ0) is 10.7. The van der Waals surface area contributed by atoms with E-state index in [-0.39, 0.29) is 5.91 Å². The van der Waals surface area contributed by atoms with E-state index in [1.807, 2.05) is 4.90 Å². The largest absolute Gasteiger partial charge is 0.337 e. The number of carbonyl (C=O) groups is 1. The first kappa shape index (κ1) is 10.9. The first-order valence-electron chi connectivity index (χ1n) is 5.01. The Morgan fingerprint density at radius 2 is 2.33 bits per heavy atom. The molecule has 1 aliphatic heterocycles. The Bertz CT molecular complexity index is 345. The van der Waals surface area contributed by atoms with Crippen LogP contribution >= 0.6 is 22.9 Å². The molecule has 15 heavy (non-hydrogen) atoms. The van der Waals surface area contributed by atoms with Gasteiger partial charge in [0, 0.05) is 25.0 Å². The highest BCUT2D eigenvalue weighted by Crippen LogP contribution is 2.20. The van der Waals surface area contributed by atoms with Crippen LogP contribution in [0.3, 0.4) is 0 Å². The van der Waals surface area contributed by atoms with Gasteiger partial charge in [-0.1, -0.05) is 11.6 Å². The second kappa shape index (κ2) is 4.96. The number of thiophene rings is 1. The van der Waals surface area contributed by atoms with Crippen LogP contribution in [0.25, 0.3) is 0 Å². The van der Waals surface area contributed by atoms with Crippen molar-refractivity contribution in [2.75, 3.05) is 26.2 Å². The molecule has 1 fully saturated rings. The number of amides is 1. The number of hydrogen-bond acceptors (Lipinski definition) is 3. The van der Waals surface area contributed by atoms with Gasteiger partial charge < -0.3 is 10.2 Å². The van der Waals surface area contributed by atoms with Gasteiger partial charge in [-0.15, -0.1) is 11.3 Å². The van der Waals surface area contributed by atoms with Gasteiger partial charge in [-0.3, -0.25) is 4.79 Å². The SMILES string of the molecule is O=C(c1cc(Cl)cs1)N1CCCNCC1. The average Bonchev–Trinajstić information content (AvgIpc) is 2.53. The van der Waals surface area contributed by atoms with Crippen molar-refractivity contribution in [2.24, 2.45) is 0 Å². The summed E-state index contributed by atoms with van der Waals surface area (Å²) in [5.74, 6) is 0.107. The van der Waals surface area contributed by atoms with Crippen LogP contribution in [0, 0.1) is 0 Å². The van der Waals surface area contributed by atoms with Gasteiger partial charge in [0.15, 0.2) is 0 Å². The Morgan fingerprint density at radius 1 is 1.47 bits per heavy atom. The standard InChI is InChI=1S/C10H13ClN2OS/c11-8-6-9(15-7-8)10(14)13-4-1-2-12-3-5-13/h6-7,12H,1-5H2. The molecule has 0 aromatic carbocycles. The minimum absolute atomic E-state index is 0.107. The van der Waals surface area contributed by atoms with Crippen LogP contribution in [-0.4, -0.2) is 37.0 Å². The molecule has 82 valence electrons. The fraction of sp³-hybridized carbons (Fsp3) is 0.500. The number of rotatable bonds is 1. The second-order valence-corrected chi connectivity index (χ2v) is 4.87. The lowest BCUT2D eigenvalue weighted by atomic mass is 10.3. The van der Waals surface area contributed by atoms with Crippen molar-refractivity contribution >= 4 is 28.8 Å². The van der Waals surface area contributed by atoms with Crippen molar-refractivity contribution in [3.8, 4) is 0 Å². The third kappa shape index (κ3) is 2.71. The molecule has 0 unspecified atom stereocenters. The van der Waals surface area contributed by atoms with E-state index in [0.717, 1.165) is 37.5 Å². The van der Waals surface area contributed by atoms with E-state index in [0.29, 0.717) is 5.02 Å². The van der Waals surface area contributed by atoms with Crippen molar-refractivity contribution in [3.63, 3.8) is 0 Å². The third-order valence-corrected chi connectivity index (χ3v) is 3.67. The summed E-state index contributed by atoms with van der Waals surface area (Å²) in [6.07, 6.45) is 1.02. The van der Waals surface area contributed by atoms with Crippen LogP contribution in [0.4, 0.5) is 0 Å². The molecule has 2 rings (SSSR count). The number of nitrogens with zero attached hydrogens (tertiary/aromatic N) is 1. The Labute approximate surface area is 98.0 Å². The summed E-state index contributed by atoms with van der Waals surface area (Å²) in [7, 11) is 0. The van der Waals surface area contributed by atoms with Gasteiger partial charge in [0.05, 0.1) is 9.90 Å². The Kier molecular flexibility index (Phi) is 3.61. The monoisotopic (exact) mass is 244 g/mol. The highest BCUT2D eigenvalue weighted by atomic mass is 35.5. The molecule has 1 N–H and O–H groups in total. The summed E-state index contributed by atoms with van der Waals surface area (Å²) in [5, 5.41) is 5.72. The molecule has 1 aliphatic rings. The predicted octanol–water partition coefficient (Wildman–Crippen LogP) is 1.84. The average molecular weight is 245 g/mol. The molecule has 0 radical (unpaired) electrons. The first-order chi connectivity index (χ1) is 7.27. The van der Waals surface area contributed by atoms with Crippen molar-refractivity contribution in [3.05, 3.63) is 21.3 Å². The van der Waals surface area contributed by atoms with Crippen molar-refractivity contribution in [1.82, 2.24) is 10.2 Å². The molecule has 0 spiro atoms. The molecule has 0 aliphatic carbocycles. The van der Waals surface area contributed by atoms with Crippen molar-refractivity contribution < 1.29 is 4.79 Å². The number of carbonyl (C=O) groups excluding carboxylic acids is 1. The van der Waals surface area contributed by atoms with Crippen LogP contribution in [-0.2, 0) is 0 Å². The van der Waals surface area contributed by atoms with Gasteiger partial charge in [0.2, 0.25) is 0 Å². The fourth-order valence-electron chi connectivity index (χ4n) is 1.63. The number of halogens is 1. The Morgan fingerprint density at radius 3 is 3.07 bits per heavy atom. The van der Waals surface area contributed by atoms with Gasteiger partial charge in [0.1, 0.15) is 0 Å². The molecule has 1 amide bonds. The smallest absolute Gasteiger partial charge is 0.264 e. The molecule has 2 heterocycles. The second-order valence-electron chi connectivity index (χ2n) is 3.52. The van der Waals surface area contributed by atoms with Crippen LogP contribution in [0.2, 0.25) is 5.02 Å². The molecule has 1 aromatic rings. The van der Waals surface area contributed by atoms with Gasteiger partial charge in [0.25, 0.3) is 5.91 Å². The van der Waals surface area contributed by atoms with Gasteiger partial charge >= 0.3 is 0 Å². The van der Waals surface area contributed by atoms with Crippen LogP contribution in [0.1, 0.15) is 16.1 Å². The lowest BCUT2D eigenvalue weighted by Gasteiger charge is -2.18. The maximum Gasteiger partial charge on any atom is 0.264 e. The number of nitrogens with one attached hydrogen (secondary N) is 1. The maximum absolute atomic E-state index is 12.0. The van der Waals surface area contributed by atoms with E-state index in [4.69, 9.17) is 11.6 Å². The summed E-state index contributed by atoms with van der Waals surface area (Å²) in [4.78, 5) is 14.6. The predicted molar refractivity (Wildman–Crippen MR) is 62.7 cm³/mol. The fourth-order valence-corrected chi connectivity index (χ4v) is 2.67. The van der Waals surface area contributed by atoms with Crippen LogP contribution in [0.15, 0.2) is 11.4 Å². The lowest BCUT2D eigenvalue weighted by molar-refractivity contribution is 0.0771. The summed E-state index contributed by atoms with van der Waals surface area (Å²) < 4.78 is 0. The molecule has 0 bridgehead atoms. The maximum atomic E-state index is 12.0. The van der Waals surface area contributed by atoms with Gasteiger partial charge in [-0.25, -0.2) is 0 Å². The molecule has 3 nitrogen and oxygen atoms in total. The normalized spacial score (nSPS) is 17.5. The summed E-state index contributed by atoms with van der Waals surface area (Å²) in [5.41, 5.74) is 0. The number of hydrogen-bond donors (Lipinski definition) is 1. The highest BCUT2D eigenvalue weighted by molar-refractivity contribution is 7.12. The molecule has 1 aromatic heterocycles. The molecule has 0 saturated carbocycles. The van der Waals surface area contributed by atoms with E-state index in [2.05, 4.69) is 5.32 Å². The highest BCUT2D eigenvalue weighted by Gasteiger charge is 2.18. The molecular weight excluding hydrogens is 232 g/mol. The summed E-state index contributed by atoms with van der Waals surface area (Å²) >= 11 is 7.22. The minimum Gasteiger partial charge on any atom is -0.337 e. The summed E-state index contributed by atoms with van der Waals surface area (Å²) in [6, 6.07) is 1.74.